The van der Waals surface area contributed by atoms with Crippen molar-refractivity contribution in [2.45, 2.75) is 6.42 Å². The molecule has 138 valence electrons. The average molecular weight is 359 g/mol. The van der Waals surface area contributed by atoms with E-state index < -0.39 is 0 Å². The van der Waals surface area contributed by atoms with Gasteiger partial charge in [-0.15, -0.1) is 0 Å². The summed E-state index contributed by atoms with van der Waals surface area (Å²) in [6, 6.07) is 8.95. The molecule has 3 rings (SSSR count). The lowest BCUT2D eigenvalue weighted by atomic mass is 10.1. The van der Waals surface area contributed by atoms with Crippen molar-refractivity contribution in [1.82, 2.24) is 4.57 Å². The van der Waals surface area contributed by atoms with Gasteiger partial charge in [-0.2, -0.15) is 0 Å². The van der Waals surface area contributed by atoms with Crippen LogP contribution in [0.3, 0.4) is 0 Å². The van der Waals surface area contributed by atoms with Crippen molar-refractivity contribution in [3.63, 3.8) is 0 Å². The average Bonchev–Trinajstić information content (AvgIpc) is 2.95. The molecule has 0 aliphatic rings. The van der Waals surface area contributed by atoms with Gasteiger partial charge in [-0.3, -0.25) is 0 Å². The molecule has 5 nitrogen and oxygen atoms in total. The van der Waals surface area contributed by atoms with Crippen LogP contribution in [-0.2, 0) is 13.5 Å². The van der Waals surface area contributed by atoms with Crippen LogP contribution in [0.1, 0.15) is 11.3 Å². The number of ether oxygens (including phenoxy) is 4. The zero-order valence-corrected chi connectivity index (χ0v) is 15.6. The number of nitrogens with zero attached hydrogens (tertiary/aromatic N) is 1. The molecule has 0 saturated carbocycles. The molecular formula is C20H22FNO4. The number of benzene rings is 2. The topological polar surface area (TPSA) is 41.9 Å². The summed E-state index contributed by atoms with van der Waals surface area (Å²) in [5, 5.41) is 0.964. The number of methoxy groups -OCH3 is 4. The smallest absolute Gasteiger partial charge is 0.205 e. The van der Waals surface area contributed by atoms with Crippen molar-refractivity contribution in [2.75, 3.05) is 28.4 Å². The summed E-state index contributed by atoms with van der Waals surface area (Å²) in [5.74, 6) is 1.62. The van der Waals surface area contributed by atoms with Crippen molar-refractivity contribution in [3.05, 3.63) is 47.4 Å². The van der Waals surface area contributed by atoms with Crippen molar-refractivity contribution >= 4 is 10.9 Å². The van der Waals surface area contributed by atoms with Gasteiger partial charge in [0.05, 0.1) is 34.0 Å². The van der Waals surface area contributed by atoms with E-state index in [0.29, 0.717) is 23.7 Å². The Balaban J connectivity index is 2.10. The maximum Gasteiger partial charge on any atom is 0.205 e. The molecule has 0 amide bonds. The Hall–Kier alpha value is -2.89. The van der Waals surface area contributed by atoms with E-state index in [1.807, 2.05) is 29.8 Å². The van der Waals surface area contributed by atoms with E-state index in [9.17, 15) is 4.39 Å². The minimum atomic E-state index is -0.371. The Labute approximate surface area is 151 Å². The van der Waals surface area contributed by atoms with E-state index in [4.69, 9.17) is 18.9 Å². The molecule has 1 heterocycles. The zero-order valence-electron chi connectivity index (χ0n) is 15.6. The van der Waals surface area contributed by atoms with Crippen LogP contribution in [0.2, 0.25) is 0 Å². The Kier molecular flexibility index (Phi) is 4.93. The molecule has 1 aromatic heterocycles. The maximum absolute atomic E-state index is 14.0. The van der Waals surface area contributed by atoms with Crippen molar-refractivity contribution in [3.8, 4) is 23.0 Å². The first-order valence-electron chi connectivity index (χ1n) is 8.13. The van der Waals surface area contributed by atoms with Crippen LogP contribution in [0.25, 0.3) is 10.9 Å². The van der Waals surface area contributed by atoms with Gasteiger partial charge in [0.1, 0.15) is 0 Å². The molecule has 2 aromatic carbocycles. The summed E-state index contributed by atoms with van der Waals surface area (Å²) in [6.07, 6.45) is 0.569. The quantitative estimate of drug-likeness (QED) is 0.668. The van der Waals surface area contributed by atoms with E-state index >= 15 is 0 Å². The van der Waals surface area contributed by atoms with Gasteiger partial charge in [0.15, 0.2) is 23.1 Å². The third-order valence-electron chi connectivity index (χ3n) is 4.52. The first-order valence-corrected chi connectivity index (χ1v) is 8.13. The Bertz CT molecular complexity index is 949. The summed E-state index contributed by atoms with van der Waals surface area (Å²) in [5.41, 5.74) is 2.76. The van der Waals surface area contributed by atoms with Crippen LogP contribution in [-0.4, -0.2) is 33.0 Å². The van der Waals surface area contributed by atoms with E-state index in [2.05, 4.69) is 0 Å². The van der Waals surface area contributed by atoms with E-state index in [-0.39, 0.29) is 11.6 Å². The van der Waals surface area contributed by atoms with Crippen LogP contribution < -0.4 is 18.9 Å². The standard InChI is InChI=1S/C20H22FNO4/c1-22-14(8-12-6-7-16(23-2)15(21)9-12)10-13-11-17(24-3)19(25-4)20(26-5)18(13)22/h6-7,9-11H,8H2,1-5H3. The van der Waals surface area contributed by atoms with E-state index in [1.165, 1.54) is 13.2 Å². The molecule has 0 atom stereocenters. The highest BCUT2D eigenvalue weighted by molar-refractivity contribution is 5.92. The Morgan fingerprint density at radius 1 is 0.846 bits per heavy atom. The first kappa shape index (κ1) is 17.9. The van der Waals surface area contributed by atoms with Gasteiger partial charge < -0.3 is 23.5 Å². The number of halogens is 1. The second-order valence-corrected chi connectivity index (χ2v) is 5.92. The Morgan fingerprint density at radius 3 is 2.12 bits per heavy atom. The van der Waals surface area contributed by atoms with Crippen molar-refractivity contribution in [2.24, 2.45) is 7.05 Å². The van der Waals surface area contributed by atoms with Crippen LogP contribution >= 0.6 is 0 Å². The highest BCUT2D eigenvalue weighted by Gasteiger charge is 2.20. The molecule has 0 fully saturated rings. The fraction of sp³-hybridized carbons (Fsp3) is 0.300. The van der Waals surface area contributed by atoms with Crippen LogP contribution in [0.4, 0.5) is 4.39 Å². The molecule has 3 aromatic rings. The summed E-state index contributed by atoms with van der Waals surface area (Å²) in [7, 11) is 8.17. The highest BCUT2D eigenvalue weighted by Crippen LogP contribution is 2.44. The van der Waals surface area contributed by atoms with Gasteiger partial charge in [0, 0.05) is 24.5 Å². The molecule has 0 N–H and O–H groups in total. The molecule has 0 radical (unpaired) electrons. The molecular weight excluding hydrogens is 337 g/mol. The molecule has 0 aliphatic carbocycles. The highest BCUT2D eigenvalue weighted by atomic mass is 19.1. The van der Waals surface area contributed by atoms with E-state index in [1.54, 1.807) is 27.4 Å². The van der Waals surface area contributed by atoms with Gasteiger partial charge in [-0.25, -0.2) is 4.39 Å². The number of hydrogen-bond donors (Lipinski definition) is 0. The van der Waals surface area contributed by atoms with Crippen molar-refractivity contribution < 1.29 is 23.3 Å². The minimum absolute atomic E-state index is 0.238. The second kappa shape index (κ2) is 7.15. The summed E-state index contributed by atoms with van der Waals surface area (Å²) in [4.78, 5) is 0. The lowest BCUT2D eigenvalue weighted by Crippen LogP contribution is -2.01. The molecule has 0 bridgehead atoms. The number of aryl methyl sites for hydroxylation is 1. The molecule has 0 aliphatic heterocycles. The number of fused-ring (bicyclic) bond motifs is 1. The van der Waals surface area contributed by atoms with Crippen molar-refractivity contribution in [1.29, 1.82) is 0 Å². The second-order valence-electron chi connectivity index (χ2n) is 5.92. The normalized spacial score (nSPS) is 10.8. The van der Waals surface area contributed by atoms with Crippen LogP contribution in [0.15, 0.2) is 30.3 Å². The maximum atomic E-state index is 14.0. The van der Waals surface area contributed by atoms with Gasteiger partial charge >= 0.3 is 0 Å². The molecule has 6 heteroatoms. The predicted molar refractivity (Wildman–Crippen MR) is 98.3 cm³/mol. The molecule has 0 unspecified atom stereocenters. The SMILES string of the molecule is COc1ccc(Cc2cc3cc(OC)c(OC)c(OC)c3n2C)cc1F. The molecule has 26 heavy (non-hydrogen) atoms. The third kappa shape index (κ3) is 2.92. The largest absolute Gasteiger partial charge is 0.494 e. The van der Waals surface area contributed by atoms with E-state index in [0.717, 1.165) is 22.2 Å². The number of rotatable bonds is 6. The summed E-state index contributed by atoms with van der Waals surface area (Å²) >= 11 is 0. The zero-order chi connectivity index (χ0) is 18.8. The third-order valence-corrected chi connectivity index (χ3v) is 4.52. The lowest BCUT2D eigenvalue weighted by Gasteiger charge is -2.14. The van der Waals surface area contributed by atoms with Crippen LogP contribution in [0, 0.1) is 5.82 Å². The fourth-order valence-corrected chi connectivity index (χ4v) is 3.23. The monoisotopic (exact) mass is 359 g/mol. The predicted octanol–water partition coefficient (Wildman–Crippen LogP) is 3.94. The Morgan fingerprint density at radius 2 is 1.54 bits per heavy atom. The number of aromatic nitrogens is 1. The van der Waals surface area contributed by atoms with Crippen LogP contribution in [0.5, 0.6) is 23.0 Å². The lowest BCUT2D eigenvalue weighted by molar-refractivity contribution is 0.326. The van der Waals surface area contributed by atoms with Gasteiger partial charge in [0.2, 0.25) is 5.75 Å². The molecule has 0 spiro atoms. The summed E-state index contributed by atoms with van der Waals surface area (Å²) in [6.45, 7) is 0. The fourth-order valence-electron chi connectivity index (χ4n) is 3.23. The minimum Gasteiger partial charge on any atom is -0.494 e. The molecule has 0 saturated heterocycles. The first-order chi connectivity index (χ1) is 12.5. The van der Waals surface area contributed by atoms with Gasteiger partial charge in [-0.1, -0.05) is 6.07 Å². The van der Waals surface area contributed by atoms with Gasteiger partial charge in [0.25, 0.3) is 0 Å². The number of hydrogen-bond acceptors (Lipinski definition) is 4. The summed E-state index contributed by atoms with van der Waals surface area (Å²) < 4.78 is 37.5. The van der Waals surface area contributed by atoms with Gasteiger partial charge in [-0.05, 0) is 29.8 Å².